The smallest absolute Gasteiger partial charge is 0.138 e. The molecular weight excluding hydrogens is 408 g/mol. The van der Waals surface area contributed by atoms with Crippen molar-refractivity contribution in [1.29, 1.82) is 0 Å². The van der Waals surface area contributed by atoms with Crippen molar-refractivity contribution in [1.82, 2.24) is 0 Å². The molecule has 0 N–H and O–H groups in total. The zero-order valence-electron chi connectivity index (χ0n) is 22.3. The van der Waals surface area contributed by atoms with E-state index in [1.807, 2.05) is 0 Å². The zero-order chi connectivity index (χ0) is 24.2. The fourth-order valence-electron chi connectivity index (χ4n) is 4.71. The van der Waals surface area contributed by atoms with Crippen LogP contribution in [0.4, 0.5) is 0 Å². The Bertz CT molecular complexity index is 419. The number of rotatable bonds is 28. The molecule has 0 heterocycles. The molecule has 0 spiro atoms. The monoisotopic (exact) mass is 465 g/mol. The normalized spacial score (nSPS) is 11.2. The molecule has 0 radical (unpaired) electrons. The van der Waals surface area contributed by atoms with Gasteiger partial charge in [0.05, 0.1) is 0 Å². The van der Waals surface area contributed by atoms with Gasteiger partial charge in [0.1, 0.15) is 5.78 Å². The highest BCUT2D eigenvalue weighted by molar-refractivity contribution is 5.93. The van der Waals surface area contributed by atoms with Gasteiger partial charge < -0.3 is 9.90 Å². The number of Topliss-reactive ketones (excluding diaryl/α,β-unsaturated/α-hetero) is 1. The van der Waals surface area contributed by atoms with Crippen LogP contribution in [0.2, 0.25) is 0 Å². The van der Waals surface area contributed by atoms with Crippen molar-refractivity contribution in [2.24, 2.45) is 0 Å². The second-order valence-corrected chi connectivity index (χ2v) is 10.3. The van der Waals surface area contributed by atoms with Gasteiger partial charge in [0.25, 0.3) is 0 Å². The Morgan fingerprint density at radius 2 is 0.667 bits per heavy atom. The standard InChI is InChI=1S/C30H58O3/c1-2-3-4-5-6-7-8-9-10-11-12-13-14-15-16-17-18-19-20-21-22-23-24-25-26-27-29(31)28-30(32)33/h2-28H2,1H3,(H,32,33)/p-1. The Morgan fingerprint density at radius 1 is 0.424 bits per heavy atom. The Kier molecular flexibility index (Phi) is 26.7. The molecule has 0 unspecified atom stereocenters. The predicted octanol–water partition coefficient (Wildman–Crippen LogP) is 8.86. The van der Waals surface area contributed by atoms with Gasteiger partial charge in [-0.25, -0.2) is 0 Å². The van der Waals surface area contributed by atoms with Crippen LogP contribution >= 0.6 is 0 Å². The summed E-state index contributed by atoms with van der Waals surface area (Å²) in [6.45, 7) is 2.29. The van der Waals surface area contributed by atoms with E-state index in [4.69, 9.17) is 0 Å². The van der Waals surface area contributed by atoms with Crippen LogP contribution < -0.4 is 5.11 Å². The molecule has 0 aliphatic heterocycles. The number of carbonyl (C=O) groups is 2. The summed E-state index contributed by atoms with van der Waals surface area (Å²) >= 11 is 0. The minimum absolute atomic E-state index is 0.191. The Balaban J connectivity index is 3.06. The van der Waals surface area contributed by atoms with E-state index < -0.39 is 12.4 Å². The molecular formula is C30H57O3-. The molecule has 0 atom stereocenters. The van der Waals surface area contributed by atoms with Gasteiger partial charge in [0, 0.05) is 18.8 Å². The van der Waals surface area contributed by atoms with E-state index in [2.05, 4.69) is 6.92 Å². The Morgan fingerprint density at radius 3 is 0.909 bits per heavy atom. The summed E-state index contributed by atoms with van der Waals surface area (Å²) in [6.07, 6.45) is 34.1. The average Bonchev–Trinajstić information content (AvgIpc) is 2.78. The summed E-state index contributed by atoms with van der Waals surface area (Å²) in [7, 11) is 0. The molecule has 0 saturated heterocycles. The lowest BCUT2D eigenvalue weighted by Crippen LogP contribution is -2.25. The van der Waals surface area contributed by atoms with Crippen LogP contribution in [0.25, 0.3) is 0 Å². The maximum Gasteiger partial charge on any atom is 0.138 e. The quantitative estimate of drug-likeness (QED) is 0.0856. The largest absolute Gasteiger partial charge is 0.550 e. The van der Waals surface area contributed by atoms with E-state index in [1.165, 1.54) is 141 Å². The first-order valence-electron chi connectivity index (χ1n) is 14.9. The number of unbranched alkanes of at least 4 members (excludes halogenated alkanes) is 24. The summed E-state index contributed by atoms with van der Waals surface area (Å²) in [5.74, 6) is -1.44. The molecule has 0 rings (SSSR count). The molecule has 0 aliphatic rings. The van der Waals surface area contributed by atoms with Gasteiger partial charge in [-0.1, -0.05) is 161 Å². The number of carboxylic acid groups (broad SMARTS) is 1. The maximum atomic E-state index is 11.3. The first-order chi connectivity index (χ1) is 16.2. The predicted molar refractivity (Wildman–Crippen MR) is 140 cm³/mol. The molecule has 0 amide bonds. The topological polar surface area (TPSA) is 57.2 Å². The third kappa shape index (κ3) is 29.1. The fourth-order valence-corrected chi connectivity index (χ4v) is 4.71. The summed E-state index contributed by atoms with van der Waals surface area (Å²) in [5.41, 5.74) is 0. The fraction of sp³-hybridized carbons (Fsp3) is 0.933. The van der Waals surface area contributed by atoms with E-state index >= 15 is 0 Å². The third-order valence-electron chi connectivity index (χ3n) is 6.90. The summed E-state index contributed by atoms with van der Waals surface area (Å²) in [4.78, 5) is 21.6. The zero-order valence-corrected chi connectivity index (χ0v) is 22.3. The molecule has 196 valence electrons. The highest BCUT2D eigenvalue weighted by Gasteiger charge is 2.02. The Labute approximate surface area is 206 Å². The lowest BCUT2D eigenvalue weighted by atomic mass is 10.0. The molecule has 0 aromatic rings. The second kappa shape index (κ2) is 27.4. The van der Waals surface area contributed by atoms with Crippen molar-refractivity contribution in [2.75, 3.05) is 0 Å². The van der Waals surface area contributed by atoms with Crippen molar-refractivity contribution in [2.45, 2.75) is 180 Å². The van der Waals surface area contributed by atoms with Gasteiger partial charge in [-0.15, -0.1) is 0 Å². The summed E-state index contributed by atoms with van der Waals surface area (Å²) in [5, 5.41) is 10.3. The van der Waals surface area contributed by atoms with Crippen LogP contribution in [0, 0.1) is 0 Å². The molecule has 33 heavy (non-hydrogen) atoms. The van der Waals surface area contributed by atoms with Crippen molar-refractivity contribution in [3.63, 3.8) is 0 Å². The Hall–Kier alpha value is -0.860. The van der Waals surface area contributed by atoms with Gasteiger partial charge in [-0.05, 0) is 6.42 Å². The van der Waals surface area contributed by atoms with Gasteiger partial charge >= 0.3 is 0 Å². The lowest BCUT2D eigenvalue weighted by Gasteiger charge is -2.04. The van der Waals surface area contributed by atoms with E-state index in [0.29, 0.717) is 6.42 Å². The highest BCUT2D eigenvalue weighted by Crippen LogP contribution is 2.16. The maximum absolute atomic E-state index is 11.3. The molecule has 0 bridgehead atoms. The molecule has 3 heteroatoms. The number of hydrogen-bond acceptors (Lipinski definition) is 3. The van der Waals surface area contributed by atoms with Gasteiger partial charge in [0.15, 0.2) is 0 Å². The van der Waals surface area contributed by atoms with Crippen LogP contribution in [0.1, 0.15) is 180 Å². The van der Waals surface area contributed by atoms with E-state index in [9.17, 15) is 14.7 Å². The minimum atomic E-state index is -1.25. The molecule has 0 fully saturated rings. The number of carbonyl (C=O) groups excluding carboxylic acids is 2. The van der Waals surface area contributed by atoms with Crippen LogP contribution in [-0.4, -0.2) is 11.8 Å². The van der Waals surface area contributed by atoms with Crippen LogP contribution in [0.5, 0.6) is 0 Å². The molecule has 0 aromatic carbocycles. The van der Waals surface area contributed by atoms with Crippen LogP contribution in [0.3, 0.4) is 0 Å². The number of hydrogen-bond donors (Lipinski definition) is 0. The van der Waals surface area contributed by atoms with Crippen molar-refractivity contribution >= 4 is 11.8 Å². The number of aliphatic carboxylic acids is 1. The molecule has 0 saturated carbocycles. The lowest BCUT2D eigenvalue weighted by molar-refractivity contribution is -0.304. The van der Waals surface area contributed by atoms with Gasteiger partial charge in [0.2, 0.25) is 0 Å². The highest BCUT2D eigenvalue weighted by atomic mass is 16.4. The first-order valence-corrected chi connectivity index (χ1v) is 14.9. The first kappa shape index (κ1) is 32.1. The van der Waals surface area contributed by atoms with E-state index in [0.717, 1.165) is 19.3 Å². The SMILES string of the molecule is CCCCCCCCCCCCCCCCCCCCCCCCCCCC(=O)CC(=O)[O-]. The summed E-state index contributed by atoms with van der Waals surface area (Å²) in [6, 6.07) is 0. The second-order valence-electron chi connectivity index (χ2n) is 10.3. The van der Waals surface area contributed by atoms with E-state index in [-0.39, 0.29) is 5.78 Å². The van der Waals surface area contributed by atoms with Crippen molar-refractivity contribution < 1.29 is 14.7 Å². The molecule has 0 aliphatic carbocycles. The van der Waals surface area contributed by atoms with Crippen molar-refractivity contribution in [3.8, 4) is 0 Å². The number of ketones is 1. The third-order valence-corrected chi connectivity index (χ3v) is 6.90. The van der Waals surface area contributed by atoms with Crippen LogP contribution in [-0.2, 0) is 9.59 Å². The minimum Gasteiger partial charge on any atom is -0.550 e. The average molecular weight is 466 g/mol. The van der Waals surface area contributed by atoms with Gasteiger partial charge in [-0.3, -0.25) is 4.79 Å². The van der Waals surface area contributed by atoms with E-state index in [1.54, 1.807) is 0 Å². The summed E-state index contributed by atoms with van der Waals surface area (Å²) < 4.78 is 0. The molecule has 0 aromatic heterocycles. The number of carboxylic acids is 1. The van der Waals surface area contributed by atoms with Crippen LogP contribution in [0.15, 0.2) is 0 Å². The van der Waals surface area contributed by atoms with Gasteiger partial charge in [-0.2, -0.15) is 0 Å². The van der Waals surface area contributed by atoms with Crippen molar-refractivity contribution in [3.05, 3.63) is 0 Å². The molecule has 3 nitrogen and oxygen atoms in total.